The van der Waals surface area contributed by atoms with Gasteiger partial charge in [-0.2, -0.15) is 0 Å². The van der Waals surface area contributed by atoms with Gasteiger partial charge < -0.3 is 10.3 Å². The maximum absolute atomic E-state index is 6.09. The van der Waals surface area contributed by atoms with Gasteiger partial charge in [0.15, 0.2) is 0 Å². The van der Waals surface area contributed by atoms with E-state index < -0.39 is 0 Å². The molecule has 0 aliphatic heterocycles. The van der Waals surface area contributed by atoms with E-state index in [1.807, 2.05) is 18.5 Å². The van der Waals surface area contributed by atoms with Gasteiger partial charge in [-0.25, -0.2) is 4.98 Å². The fourth-order valence-electron chi connectivity index (χ4n) is 3.27. The fourth-order valence-corrected chi connectivity index (χ4v) is 3.27. The van der Waals surface area contributed by atoms with E-state index in [1.54, 1.807) is 0 Å². The van der Waals surface area contributed by atoms with Gasteiger partial charge in [0.1, 0.15) is 11.3 Å². The molecule has 1 aliphatic carbocycles. The number of rotatable bonds is 2. The van der Waals surface area contributed by atoms with Crippen LogP contribution >= 0.6 is 0 Å². The largest absolute Gasteiger partial charge is 0.331 e. The molecule has 1 aliphatic rings. The van der Waals surface area contributed by atoms with E-state index in [9.17, 15) is 0 Å². The molecule has 2 heterocycles. The molecule has 2 N–H and O–H groups in total. The van der Waals surface area contributed by atoms with Gasteiger partial charge in [-0.1, -0.05) is 19.3 Å². The summed E-state index contributed by atoms with van der Waals surface area (Å²) in [6.45, 7) is 0.692. The van der Waals surface area contributed by atoms with Crippen molar-refractivity contribution in [1.29, 1.82) is 0 Å². The maximum Gasteiger partial charge on any atom is 0.117 e. The second kappa shape index (κ2) is 4.35. The van der Waals surface area contributed by atoms with Crippen LogP contribution in [0.5, 0.6) is 0 Å². The number of pyridine rings is 1. The lowest BCUT2D eigenvalue weighted by atomic mass is 9.73. The van der Waals surface area contributed by atoms with Crippen LogP contribution < -0.4 is 5.73 Å². The first-order valence-corrected chi connectivity index (χ1v) is 6.74. The van der Waals surface area contributed by atoms with Crippen molar-refractivity contribution in [2.24, 2.45) is 12.8 Å². The second-order valence-corrected chi connectivity index (χ2v) is 5.40. The molecule has 18 heavy (non-hydrogen) atoms. The van der Waals surface area contributed by atoms with E-state index in [0.29, 0.717) is 6.54 Å². The van der Waals surface area contributed by atoms with E-state index in [4.69, 9.17) is 10.7 Å². The molecule has 1 saturated carbocycles. The highest BCUT2D eigenvalue weighted by Crippen LogP contribution is 2.38. The molecule has 0 atom stereocenters. The summed E-state index contributed by atoms with van der Waals surface area (Å²) < 4.78 is 2.20. The zero-order valence-electron chi connectivity index (χ0n) is 10.9. The SMILES string of the molecule is Cn1c(C2(CN)CCCCC2)nc2cnccc21. The Morgan fingerprint density at radius 3 is 2.78 bits per heavy atom. The summed E-state index contributed by atoms with van der Waals surface area (Å²) in [5, 5.41) is 0. The molecule has 96 valence electrons. The first-order valence-electron chi connectivity index (χ1n) is 6.74. The van der Waals surface area contributed by atoms with E-state index in [1.165, 1.54) is 19.3 Å². The Balaban J connectivity index is 2.14. The van der Waals surface area contributed by atoms with Gasteiger partial charge in [0.2, 0.25) is 0 Å². The number of aryl methyl sites for hydroxylation is 1. The number of fused-ring (bicyclic) bond motifs is 1. The van der Waals surface area contributed by atoms with Crippen molar-refractivity contribution in [3.8, 4) is 0 Å². The van der Waals surface area contributed by atoms with Crippen LogP contribution in [0.2, 0.25) is 0 Å². The Bertz CT molecular complexity index is 552. The van der Waals surface area contributed by atoms with Crippen molar-refractivity contribution >= 4 is 11.0 Å². The monoisotopic (exact) mass is 244 g/mol. The van der Waals surface area contributed by atoms with Crippen molar-refractivity contribution in [2.45, 2.75) is 37.5 Å². The topological polar surface area (TPSA) is 56.7 Å². The molecule has 1 fully saturated rings. The highest BCUT2D eigenvalue weighted by molar-refractivity contribution is 5.74. The lowest BCUT2D eigenvalue weighted by molar-refractivity contribution is 0.281. The number of nitrogens with zero attached hydrogens (tertiary/aromatic N) is 3. The predicted octanol–water partition coefficient (Wildman–Crippen LogP) is 2.13. The third-order valence-electron chi connectivity index (χ3n) is 4.36. The molecular formula is C14H20N4. The molecule has 4 heteroatoms. The molecular weight excluding hydrogens is 224 g/mol. The summed E-state index contributed by atoms with van der Waals surface area (Å²) in [5.74, 6) is 1.15. The van der Waals surface area contributed by atoms with Crippen molar-refractivity contribution < 1.29 is 0 Å². The van der Waals surface area contributed by atoms with Crippen LogP contribution in [0.25, 0.3) is 11.0 Å². The highest BCUT2D eigenvalue weighted by atomic mass is 15.1. The third-order valence-corrected chi connectivity index (χ3v) is 4.36. The lowest BCUT2D eigenvalue weighted by Gasteiger charge is -2.35. The first-order chi connectivity index (χ1) is 8.77. The average Bonchev–Trinajstić information content (AvgIpc) is 2.78. The van der Waals surface area contributed by atoms with Crippen molar-refractivity contribution in [2.75, 3.05) is 6.54 Å². The molecule has 3 rings (SSSR count). The molecule has 0 bridgehead atoms. The van der Waals surface area contributed by atoms with Crippen molar-refractivity contribution in [1.82, 2.24) is 14.5 Å². The van der Waals surface area contributed by atoms with Gasteiger partial charge in [-0.05, 0) is 18.9 Å². The van der Waals surface area contributed by atoms with Gasteiger partial charge in [0.25, 0.3) is 0 Å². The minimum Gasteiger partial charge on any atom is -0.331 e. The minimum atomic E-state index is 0.0754. The fraction of sp³-hybridized carbons (Fsp3) is 0.571. The number of imidazole rings is 1. The molecule has 0 amide bonds. The summed E-state index contributed by atoms with van der Waals surface area (Å²) in [4.78, 5) is 8.95. The summed E-state index contributed by atoms with van der Waals surface area (Å²) in [5.41, 5.74) is 8.30. The Labute approximate surface area is 107 Å². The van der Waals surface area contributed by atoms with Crippen LogP contribution in [-0.2, 0) is 12.5 Å². The molecule has 2 aromatic heterocycles. The van der Waals surface area contributed by atoms with Gasteiger partial charge in [-0.15, -0.1) is 0 Å². The van der Waals surface area contributed by atoms with Crippen molar-refractivity contribution in [3.63, 3.8) is 0 Å². The van der Waals surface area contributed by atoms with E-state index in [0.717, 1.165) is 29.7 Å². The predicted molar refractivity (Wildman–Crippen MR) is 72.3 cm³/mol. The van der Waals surface area contributed by atoms with Gasteiger partial charge in [-0.3, -0.25) is 4.98 Å². The minimum absolute atomic E-state index is 0.0754. The molecule has 0 spiro atoms. The zero-order valence-corrected chi connectivity index (χ0v) is 10.9. The van der Waals surface area contributed by atoms with Crippen molar-refractivity contribution in [3.05, 3.63) is 24.3 Å². The molecule has 0 aromatic carbocycles. The van der Waals surface area contributed by atoms with Crippen LogP contribution in [0.3, 0.4) is 0 Å². The van der Waals surface area contributed by atoms with Crippen LogP contribution in [0.15, 0.2) is 18.5 Å². The second-order valence-electron chi connectivity index (χ2n) is 5.40. The molecule has 2 aromatic rings. The number of hydrogen-bond donors (Lipinski definition) is 1. The molecule has 0 radical (unpaired) electrons. The summed E-state index contributed by atoms with van der Waals surface area (Å²) in [7, 11) is 2.09. The number of aromatic nitrogens is 3. The summed E-state index contributed by atoms with van der Waals surface area (Å²) in [6, 6.07) is 2.03. The Morgan fingerprint density at radius 2 is 2.11 bits per heavy atom. The van der Waals surface area contributed by atoms with Crippen LogP contribution in [0, 0.1) is 0 Å². The highest BCUT2D eigenvalue weighted by Gasteiger charge is 2.36. The standard InChI is InChI=1S/C14H20N4/c1-18-12-5-8-16-9-11(12)17-13(18)14(10-15)6-3-2-4-7-14/h5,8-9H,2-4,6-7,10,15H2,1H3. The van der Waals surface area contributed by atoms with Crippen LogP contribution in [0.4, 0.5) is 0 Å². The Morgan fingerprint density at radius 1 is 1.33 bits per heavy atom. The Hall–Kier alpha value is -1.42. The van der Waals surface area contributed by atoms with E-state index in [2.05, 4.69) is 16.6 Å². The number of nitrogens with two attached hydrogens (primary N) is 1. The normalized spacial score (nSPS) is 19.2. The average molecular weight is 244 g/mol. The zero-order chi connectivity index (χ0) is 12.6. The Kier molecular flexibility index (Phi) is 2.82. The molecule has 0 saturated heterocycles. The molecule has 4 nitrogen and oxygen atoms in total. The van der Waals surface area contributed by atoms with E-state index in [-0.39, 0.29) is 5.41 Å². The van der Waals surface area contributed by atoms with Crippen LogP contribution in [0.1, 0.15) is 37.9 Å². The molecule has 0 unspecified atom stereocenters. The number of hydrogen-bond acceptors (Lipinski definition) is 3. The summed E-state index contributed by atoms with van der Waals surface area (Å²) >= 11 is 0. The van der Waals surface area contributed by atoms with E-state index >= 15 is 0 Å². The van der Waals surface area contributed by atoms with Gasteiger partial charge in [0.05, 0.1) is 11.7 Å². The third kappa shape index (κ3) is 1.63. The lowest BCUT2D eigenvalue weighted by Crippen LogP contribution is -2.39. The maximum atomic E-state index is 6.09. The first kappa shape index (κ1) is 11.7. The van der Waals surface area contributed by atoms with Gasteiger partial charge in [0, 0.05) is 25.2 Å². The van der Waals surface area contributed by atoms with Gasteiger partial charge >= 0.3 is 0 Å². The van der Waals surface area contributed by atoms with Crippen LogP contribution in [-0.4, -0.2) is 21.1 Å². The smallest absolute Gasteiger partial charge is 0.117 e. The quantitative estimate of drug-likeness (QED) is 0.880. The summed E-state index contributed by atoms with van der Waals surface area (Å²) in [6.07, 6.45) is 9.84.